The van der Waals surface area contributed by atoms with Crippen molar-refractivity contribution < 1.29 is 39.6 Å². The van der Waals surface area contributed by atoms with E-state index in [2.05, 4.69) is 0 Å². The number of rotatable bonds is 3. The van der Waals surface area contributed by atoms with Gasteiger partial charge in [-0.2, -0.15) is 26.3 Å². The number of halogens is 6. The van der Waals surface area contributed by atoms with Crippen molar-refractivity contribution in [3.05, 3.63) is 29.3 Å². The molecule has 124 valence electrons. The molecule has 0 heterocycles. The number of amides is 1. The van der Waals surface area contributed by atoms with Gasteiger partial charge in [0.1, 0.15) is 6.54 Å². The van der Waals surface area contributed by atoms with Gasteiger partial charge in [0.15, 0.2) is 9.84 Å². The molecule has 0 aromatic heterocycles. The van der Waals surface area contributed by atoms with Crippen LogP contribution in [0.1, 0.15) is 15.9 Å². The van der Waals surface area contributed by atoms with Gasteiger partial charge in [-0.25, -0.2) is 8.42 Å². The van der Waals surface area contributed by atoms with Crippen molar-refractivity contribution >= 4 is 15.7 Å². The highest BCUT2D eigenvalue weighted by Crippen LogP contribution is 2.31. The summed E-state index contributed by atoms with van der Waals surface area (Å²) in [4.78, 5) is 10.8. The third-order valence-electron chi connectivity index (χ3n) is 2.40. The van der Waals surface area contributed by atoms with Crippen molar-refractivity contribution in [2.45, 2.75) is 17.2 Å². The van der Waals surface area contributed by atoms with Crippen LogP contribution in [0.15, 0.2) is 23.1 Å². The van der Waals surface area contributed by atoms with Crippen LogP contribution in [0.5, 0.6) is 0 Å². The second kappa shape index (κ2) is 5.78. The van der Waals surface area contributed by atoms with Gasteiger partial charge in [-0.05, 0) is 18.2 Å². The minimum atomic E-state index is -4.88. The van der Waals surface area contributed by atoms with Crippen LogP contribution in [0.25, 0.3) is 0 Å². The maximum atomic E-state index is 12.6. The first-order valence-electron chi connectivity index (χ1n) is 5.48. The standard InChI is InChI=1S/C11H9F6NO3S/c1-22(20,21)8-3-2-6(11(15,16)17)4-7(8)9(19)18-5-10(12,13)14/h2-4H,5H2,1H3,(H,18,19). The zero-order valence-corrected chi connectivity index (χ0v) is 11.7. The normalized spacial score (nSPS) is 13.0. The molecule has 11 heteroatoms. The number of hydrogen-bond donors (Lipinski definition) is 1. The second-order valence-electron chi connectivity index (χ2n) is 4.28. The SMILES string of the molecule is CS(=O)(=O)c1ccc(C(F)(F)F)cc1C(=O)NCC(F)(F)F. The molecule has 22 heavy (non-hydrogen) atoms. The van der Waals surface area contributed by atoms with Crippen LogP contribution in [0, 0.1) is 0 Å². The zero-order valence-electron chi connectivity index (χ0n) is 10.8. The molecule has 0 bridgehead atoms. The fraction of sp³-hybridized carbons (Fsp3) is 0.364. The van der Waals surface area contributed by atoms with E-state index in [0.29, 0.717) is 18.4 Å². The highest BCUT2D eigenvalue weighted by molar-refractivity contribution is 7.90. The number of nitrogens with one attached hydrogen (secondary N) is 1. The summed E-state index contributed by atoms with van der Waals surface area (Å²) in [6.07, 6.45) is -9.05. The van der Waals surface area contributed by atoms with Crippen LogP contribution in [-0.2, 0) is 16.0 Å². The Hall–Kier alpha value is -1.78. The van der Waals surface area contributed by atoms with Crippen molar-refractivity contribution in [2.75, 3.05) is 12.8 Å². The van der Waals surface area contributed by atoms with E-state index in [1.807, 2.05) is 0 Å². The quantitative estimate of drug-likeness (QED) is 0.853. The van der Waals surface area contributed by atoms with Crippen LogP contribution in [0.3, 0.4) is 0 Å². The van der Waals surface area contributed by atoms with E-state index >= 15 is 0 Å². The van der Waals surface area contributed by atoms with Gasteiger partial charge >= 0.3 is 12.4 Å². The molecule has 1 aromatic carbocycles. The summed E-state index contributed by atoms with van der Waals surface area (Å²) in [6, 6.07) is 1.15. The van der Waals surface area contributed by atoms with Crippen molar-refractivity contribution in [2.24, 2.45) is 0 Å². The number of alkyl halides is 6. The first-order chi connectivity index (χ1) is 9.72. The Balaban J connectivity index is 3.32. The van der Waals surface area contributed by atoms with Crippen molar-refractivity contribution in [3.63, 3.8) is 0 Å². The van der Waals surface area contributed by atoms with E-state index in [1.165, 1.54) is 5.32 Å². The minimum absolute atomic E-state index is 0.197. The van der Waals surface area contributed by atoms with E-state index in [-0.39, 0.29) is 6.07 Å². The molecule has 0 spiro atoms. The molecule has 1 rings (SSSR count). The zero-order chi connectivity index (χ0) is 17.3. The van der Waals surface area contributed by atoms with Crippen LogP contribution in [-0.4, -0.2) is 33.3 Å². The number of benzene rings is 1. The van der Waals surface area contributed by atoms with Crippen molar-refractivity contribution in [1.82, 2.24) is 5.32 Å². The molecule has 0 unspecified atom stereocenters. The van der Waals surface area contributed by atoms with Gasteiger partial charge in [0.05, 0.1) is 16.0 Å². The summed E-state index contributed by atoms with van der Waals surface area (Å²) >= 11 is 0. The molecule has 0 atom stereocenters. The van der Waals surface area contributed by atoms with Gasteiger partial charge in [-0.15, -0.1) is 0 Å². The minimum Gasteiger partial charge on any atom is -0.343 e. The van der Waals surface area contributed by atoms with E-state index in [0.717, 1.165) is 0 Å². The Morgan fingerprint density at radius 3 is 2.09 bits per heavy atom. The highest BCUT2D eigenvalue weighted by atomic mass is 32.2. The Morgan fingerprint density at radius 1 is 1.14 bits per heavy atom. The summed E-state index contributed by atoms with van der Waals surface area (Å²) in [5.74, 6) is -1.57. The van der Waals surface area contributed by atoms with E-state index < -0.39 is 50.7 Å². The highest BCUT2D eigenvalue weighted by Gasteiger charge is 2.34. The molecular formula is C11H9F6NO3S. The summed E-state index contributed by atoms with van der Waals surface area (Å²) in [6.45, 7) is -1.80. The summed E-state index contributed by atoms with van der Waals surface area (Å²) in [5.41, 5.74) is -2.35. The smallest absolute Gasteiger partial charge is 0.343 e. The molecule has 0 aliphatic heterocycles. The predicted molar refractivity (Wildman–Crippen MR) is 62.9 cm³/mol. The molecule has 0 fully saturated rings. The number of hydrogen-bond acceptors (Lipinski definition) is 3. The maximum absolute atomic E-state index is 12.6. The summed E-state index contributed by atoms with van der Waals surface area (Å²) in [7, 11) is -4.10. The fourth-order valence-corrected chi connectivity index (χ4v) is 2.35. The number of sulfone groups is 1. The molecule has 1 aromatic rings. The molecule has 0 aliphatic carbocycles. The lowest BCUT2D eigenvalue weighted by Crippen LogP contribution is -2.34. The van der Waals surface area contributed by atoms with Crippen LogP contribution >= 0.6 is 0 Å². The Bertz CT molecular complexity index is 678. The van der Waals surface area contributed by atoms with Gasteiger partial charge < -0.3 is 5.32 Å². The van der Waals surface area contributed by atoms with Crippen LogP contribution < -0.4 is 5.32 Å². The molecular weight excluding hydrogens is 340 g/mol. The summed E-state index contributed by atoms with van der Waals surface area (Å²) in [5, 5.41) is 1.33. The first kappa shape index (κ1) is 18.3. The average Bonchev–Trinajstić information content (AvgIpc) is 2.32. The van der Waals surface area contributed by atoms with Gasteiger partial charge in [0.2, 0.25) is 0 Å². The number of carbonyl (C=O) groups is 1. The third-order valence-corrected chi connectivity index (χ3v) is 3.56. The van der Waals surface area contributed by atoms with Gasteiger partial charge in [0.25, 0.3) is 5.91 Å². The molecule has 0 radical (unpaired) electrons. The number of carbonyl (C=O) groups excluding carboxylic acids is 1. The van der Waals surface area contributed by atoms with Crippen molar-refractivity contribution in [1.29, 1.82) is 0 Å². The molecule has 4 nitrogen and oxygen atoms in total. The predicted octanol–water partition coefficient (Wildman–Crippen LogP) is 2.40. The molecule has 1 N–H and O–H groups in total. The van der Waals surface area contributed by atoms with E-state index in [1.54, 1.807) is 0 Å². The Kier molecular flexibility index (Phi) is 4.80. The van der Waals surface area contributed by atoms with E-state index in [9.17, 15) is 39.6 Å². The monoisotopic (exact) mass is 349 g/mol. The first-order valence-corrected chi connectivity index (χ1v) is 7.37. The Labute approximate surface area is 121 Å². The van der Waals surface area contributed by atoms with Crippen molar-refractivity contribution in [3.8, 4) is 0 Å². The fourth-order valence-electron chi connectivity index (χ4n) is 1.48. The average molecular weight is 349 g/mol. The van der Waals surface area contributed by atoms with E-state index in [4.69, 9.17) is 0 Å². The van der Waals surface area contributed by atoms with Gasteiger partial charge in [-0.3, -0.25) is 4.79 Å². The van der Waals surface area contributed by atoms with Crippen LogP contribution in [0.2, 0.25) is 0 Å². The van der Waals surface area contributed by atoms with Gasteiger partial charge in [0, 0.05) is 6.26 Å². The van der Waals surface area contributed by atoms with Crippen LogP contribution in [0.4, 0.5) is 26.3 Å². The lowest BCUT2D eigenvalue weighted by Gasteiger charge is -2.13. The molecule has 1 amide bonds. The molecule has 0 aliphatic rings. The Morgan fingerprint density at radius 2 is 1.68 bits per heavy atom. The summed E-state index contributed by atoms with van der Waals surface area (Å²) < 4.78 is 96.7. The van der Waals surface area contributed by atoms with Gasteiger partial charge in [-0.1, -0.05) is 0 Å². The molecule has 0 saturated carbocycles. The largest absolute Gasteiger partial charge is 0.416 e. The lowest BCUT2D eigenvalue weighted by atomic mass is 10.1. The second-order valence-corrected chi connectivity index (χ2v) is 6.26. The third kappa shape index (κ3) is 4.90. The maximum Gasteiger partial charge on any atom is 0.416 e. The topological polar surface area (TPSA) is 63.2 Å². The molecule has 0 saturated heterocycles. The lowest BCUT2D eigenvalue weighted by molar-refractivity contribution is -0.137.